The van der Waals surface area contributed by atoms with Gasteiger partial charge in [-0.1, -0.05) is 58.0 Å². The molecule has 46 heavy (non-hydrogen) atoms. The third-order valence-electron chi connectivity index (χ3n) is 8.31. The van der Waals surface area contributed by atoms with Crippen LogP contribution in [-0.2, 0) is 35.4 Å². The van der Waals surface area contributed by atoms with E-state index in [1.54, 1.807) is 12.1 Å². The minimum absolute atomic E-state index is 0.0311. The Morgan fingerprint density at radius 3 is 2.37 bits per heavy atom. The fourth-order valence-electron chi connectivity index (χ4n) is 5.75. The molecule has 2 heterocycles. The number of hydrogen-bond donors (Lipinski definition) is 3. The summed E-state index contributed by atoms with van der Waals surface area (Å²) < 4.78 is 45.8. The van der Waals surface area contributed by atoms with Crippen LogP contribution in [0.1, 0.15) is 39.7 Å². The van der Waals surface area contributed by atoms with Gasteiger partial charge in [0.05, 0.1) is 42.7 Å². The van der Waals surface area contributed by atoms with Crippen LogP contribution >= 0.6 is 0 Å². The van der Waals surface area contributed by atoms with E-state index in [1.807, 2.05) is 62.9 Å². The van der Waals surface area contributed by atoms with Gasteiger partial charge in [0.1, 0.15) is 6.10 Å². The third-order valence-corrected chi connectivity index (χ3v) is 10.2. The van der Waals surface area contributed by atoms with E-state index in [4.69, 9.17) is 14.2 Å². The van der Waals surface area contributed by atoms with Crippen molar-refractivity contribution in [2.24, 2.45) is 11.8 Å². The molecule has 3 N–H and O–H groups in total. The van der Waals surface area contributed by atoms with E-state index in [9.17, 15) is 23.1 Å². The van der Waals surface area contributed by atoms with Gasteiger partial charge in [-0.25, -0.2) is 13.2 Å². The Labute approximate surface area is 272 Å². The van der Waals surface area contributed by atoms with Gasteiger partial charge >= 0.3 is 6.09 Å². The summed E-state index contributed by atoms with van der Waals surface area (Å²) in [4.78, 5) is 27.5. The van der Waals surface area contributed by atoms with Gasteiger partial charge in [0.25, 0.3) is 0 Å². The normalized spacial score (nSPS) is 20.9. The third kappa shape index (κ3) is 9.72. The molecule has 2 aromatic carbocycles. The Hall–Kier alpha value is -3.07. The molecule has 2 saturated heterocycles. The number of anilines is 1. The fraction of sp³-hybridized carbons (Fsp3) is 0.576. The predicted molar refractivity (Wildman–Crippen MR) is 174 cm³/mol. The Kier molecular flexibility index (Phi) is 13.0. The molecule has 0 radical (unpaired) electrons. The first kappa shape index (κ1) is 35.8. The zero-order valence-electron chi connectivity index (χ0n) is 27.1. The molecule has 0 unspecified atom stereocenters. The summed E-state index contributed by atoms with van der Waals surface area (Å²) in [5, 5.41) is 17.1. The molecule has 0 aromatic heterocycles. The average Bonchev–Trinajstić information content (AvgIpc) is 3.65. The largest absolute Gasteiger partial charge is 0.443 e. The second-order valence-corrected chi connectivity index (χ2v) is 14.2. The topological polar surface area (TPSA) is 147 Å². The maximum atomic E-state index is 13.9. The molecule has 12 nitrogen and oxygen atoms in total. The first-order valence-corrected chi connectivity index (χ1v) is 17.5. The van der Waals surface area contributed by atoms with Crippen molar-refractivity contribution >= 4 is 27.7 Å². The number of aliphatic hydroxyl groups excluding tert-OH is 1. The molecular formula is C33H48N4O8S. The first-order valence-electron chi connectivity index (χ1n) is 16.0. The Bertz CT molecular complexity index is 1370. The van der Waals surface area contributed by atoms with Gasteiger partial charge in [-0.15, -0.1) is 0 Å². The molecule has 0 aliphatic carbocycles. The number of nitrogens with zero attached hydrogens (tertiary/aromatic N) is 2. The monoisotopic (exact) mass is 660 g/mol. The minimum atomic E-state index is -4.05. The van der Waals surface area contributed by atoms with Crippen molar-refractivity contribution in [2.45, 2.75) is 70.0 Å². The highest BCUT2D eigenvalue weighted by molar-refractivity contribution is 7.89. The number of ether oxygens (including phenoxy) is 3. The Morgan fingerprint density at radius 2 is 1.72 bits per heavy atom. The maximum absolute atomic E-state index is 13.9. The van der Waals surface area contributed by atoms with Crippen LogP contribution in [0.2, 0.25) is 0 Å². The number of fused-ring (bicyclic) bond motifs is 1. The predicted octanol–water partition coefficient (Wildman–Crippen LogP) is 3.07. The molecule has 0 spiro atoms. The number of carbonyl (C=O) groups is 2. The van der Waals surface area contributed by atoms with Crippen LogP contribution in [0.3, 0.4) is 0 Å². The molecule has 2 aromatic rings. The maximum Gasteiger partial charge on any atom is 0.407 e. The highest BCUT2D eigenvalue weighted by atomic mass is 32.2. The van der Waals surface area contributed by atoms with Gasteiger partial charge < -0.3 is 30.0 Å². The number of amides is 2. The summed E-state index contributed by atoms with van der Waals surface area (Å²) in [6.07, 6.45) is -1.84. The molecule has 2 fully saturated rings. The summed E-state index contributed by atoms with van der Waals surface area (Å²) in [7, 11) is -4.05. The van der Waals surface area contributed by atoms with Gasteiger partial charge in [0.15, 0.2) is 6.29 Å². The lowest BCUT2D eigenvalue weighted by Crippen LogP contribution is -2.51. The van der Waals surface area contributed by atoms with Crippen LogP contribution < -0.4 is 10.6 Å². The van der Waals surface area contributed by atoms with Crippen molar-refractivity contribution in [2.75, 3.05) is 51.3 Å². The van der Waals surface area contributed by atoms with Crippen molar-refractivity contribution in [3.63, 3.8) is 0 Å². The lowest BCUT2D eigenvalue weighted by atomic mass is 10.0. The number of likely N-dealkylation sites (N-methyl/N-ethyl adjacent to an activating group) is 1. The molecule has 2 aliphatic heterocycles. The zero-order chi connectivity index (χ0) is 33.3. The van der Waals surface area contributed by atoms with Crippen LogP contribution in [0.5, 0.6) is 0 Å². The Morgan fingerprint density at radius 1 is 1.02 bits per heavy atom. The first-order chi connectivity index (χ1) is 22.0. The van der Waals surface area contributed by atoms with E-state index in [0.29, 0.717) is 12.3 Å². The van der Waals surface area contributed by atoms with E-state index < -0.39 is 34.4 Å². The summed E-state index contributed by atoms with van der Waals surface area (Å²) >= 11 is 0. The van der Waals surface area contributed by atoms with Gasteiger partial charge in [-0.3, -0.25) is 9.69 Å². The van der Waals surface area contributed by atoms with Crippen molar-refractivity contribution < 1.29 is 37.3 Å². The Balaban J connectivity index is 1.47. The zero-order valence-corrected chi connectivity index (χ0v) is 27.9. The van der Waals surface area contributed by atoms with Crippen LogP contribution in [0.4, 0.5) is 10.5 Å². The number of carbonyl (C=O) groups excluding carboxylic acids is 2. The number of rotatable bonds is 16. The van der Waals surface area contributed by atoms with Crippen molar-refractivity contribution in [1.82, 2.24) is 14.5 Å². The molecule has 0 saturated carbocycles. The number of alkyl carbamates (subject to hydrolysis) is 1. The van der Waals surface area contributed by atoms with Crippen molar-refractivity contribution in [3.8, 4) is 0 Å². The van der Waals surface area contributed by atoms with Gasteiger partial charge in [0.2, 0.25) is 15.9 Å². The summed E-state index contributed by atoms with van der Waals surface area (Å²) in [6.45, 7) is 10.1. The summed E-state index contributed by atoms with van der Waals surface area (Å²) in [6, 6.07) is 14.5. The lowest BCUT2D eigenvalue weighted by molar-refractivity contribution is -0.117. The second kappa shape index (κ2) is 16.7. The van der Waals surface area contributed by atoms with Crippen LogP contribution in [0.15, 0.2) is 59.5 Å². The van der Waals surface area contributed by atoms with E-state index in [1.165, 1.54) is 16.4 Å². The molecule has 2 aliphatic rings. The number of aliphatic hydroxyl groups is 1. The van der Waals surface area contributed by atoms with Crippen LogP contribution in [-0.4, -0.2) is 105 Å². The minimum Gasteiger partial charge on any atom is -0.443 e. The molecule has 5 atom stereocenters. The van der Waals surface area contributed by atoms with E-state index in [2.05, 4.69) is 10.6 Å². The fourth-order valence-corrected chi connectivity index (χ4v) is 7.37. The van der Waals surface area contributed by atoms with Crippen molar-refractivity contribution in [1.29, 1.82) is 0 Å². The second-order valence-electron chi connectivity index (χ2n) is 12.2. The van der Waals surface area contributed by atoms with Gasteiger partial charge in [-0.2, -0.15) is 4.31 Å². The summed E-state index contributed by atoms with van der Waals surface area (Å²) in [5.74, 6) is -0.275. The van der Waals surface area contributed by atoms with Gasteiger partial charge in [-0.05, 0) is 61.7 Å². The molecule has 0 bridgehead atoms. The standard InChI is InChI=1S/C33H48N4O8S/c1-5-36(6-2)21-31(39)34-25-12-14-26(15-13-25)46(41,42)37(19-23(3)4)20-29(38)28(18-24-10-8-7-9-11-24)35-33(40)45-30-22-44-32-27(30)16-17-43-32/h7-15,23,27-30,32,38H,5-6,16-22H2,1-4H3,(H,34,39)(H,35,40)/t27-,28-,29+,30-,32+/m0/s1. The van der Waals surface area contributed by atoms with E-state index >= 15 is 0 Å². The van der Waals surface area contributed by atoms with Gasteiger partial charge in [0, 0.05) is 18.8 Å². The van der Waals surface area contributed by atoms with Crippen LogP contribution in [0, 0.1) is 11.8 Å². The number of benzene rings is 2. The SMILES string of the molecule is CCN(CC)CC(=O)Nc1ccc(S(=O)(=O)N(CC(C)C)C[C@@H](O)[C@H](Cc2ccccc2)NC(=O)O[C@H]2CO[C@H]3OCC[C@H]32)cc1. The number of nitrogens with one attached hydrogen (secondary N) is 2. The highest BCUT2D eigenvalue weighted by Crippen LogP contribution is 2.33. The molecule has 254 valence electrons. The van der Waals surface area contributed by atoms with Crippen LogP contribution in [0.25, 0.3) is 0 Å². The smallest absolute Gasteiger partial charge is 0.407 e. The molecule has 4 rings (SSSR count). The number of hydrogen-bond acceptors (Lipinski definition) is 9. The highest BCUT2D eigenvalue weighted by Gasteiger charge is 2.44. The average molecular weight is 661 g/mol. The van der Waals surface area contributed by atoms with Crippen molar-refractivity contribution in [3.05, 3.63) is 60.2 Å². The molecule has 13 heteroatoms. The molecule has 2 amide bonds. The summed E-state index contributed by atoms with van der Waals surface area (Å²) in [5.41, 5.74) is 1.34. The van der Waals surface area contributed by atoms with E-state index in [-0.39, 0.29) is 61.6 Å². The quantitative estimate of drug-likeness (QED) is 0.247. The van der Waals surface area contributed by atoms with E-state index in [0.717, 1.165) is 25.1 Å². The number of sulfonamides is 1. The lowest BCUT2D eigenvalue weighted by Gasteiger charge is -2.31. The molecular weight excluding hydrogens is 612 g/mol.